The van der Waals surface area contributed by atoms with Gasteiger partial charge in [-0.05, 0) is 49.9 Å². The summed E-state index contributed by atoms with van der Waals surface area (Å²) in [6.45, 7) is 6.48. The number of hydrogen-bond acceptors (Lipinski definition) is 2. The van der Waals surface area contributed by atoms with Gasteiger partial charge in [0, 0.05) is 23.7 Å². The summed E-state index contributed by atoms with van der Waals surface area (Å²) in [4.78, 5) is 2.55. The minimum absolute atomic E-state index is 0.319. The van der Waals surface area contributed by atoms with E-state index >= 15 is 0 Å². The number of nitrogens with zero attached hydrogens (tertiary/aromatic N) is 1. The third kappa shape index (κ3) is 2.87. The van der Waals surface area contributed by atoms with Crippen molar-refractivity contribution in [3.8, 4) is 0 Å². The van der Waals surface area contributed by atoms with E-state index in [0.29, 0.717) is 18.6 Å². The maximum atomic E-state index is 6.01. The molecule has 0 bridgehead atoms. The molecule has 1 fully saturated rings. The fraction of sp³-hybridized carbons (Fsp3) is 0.600. The minimum Gasteiger partial charge on any atom is -0.329 e. The molecule has 1 aromatic carbocycles. The largest absolute Gasteiger partial charge is 0.329 e. The Labute approximate surface area is 115 Å². The van der Waals surface area contributed by atoms with Crippen molar-refractivity contribution in [2.24, 2.45) is 11.7 Å². The number of hydrogen-bond donors (Lipinski definition) is 1. The Morgan fingerprint density at radius 1 is 1.33 bits per heavy atom. The average Bonchev–Trinajstić information content (AvgIpc) is 2.37. The maximum Gasteiger partial charge on any atom is 0.0473 e. The summed E-state index contributed by atoms with van der Waals surface area (Å²) in [5.74, 6) is 0.750. The van der Waals surface area contributed by atoms with Crippen LogP contribution in [0.2, 0.25) is 5.02 Å². The smallest absolute Gasteiger partial charge is 0.0473 e. The highest BCUT2D eigenvalue weighted by Crippen LogP contribution is 2.31. The molecule has 100 valence electrons. The molecular formula is C15H23ClN2. The Bertz CT molecular complexity index is 377. The quantitative estimate of drug-likeness (QED) is 0.908. The van der Waals surface area contributed by atoms with Crippen LogP contribution in [0.1, 0.15) is 38.3 Å². The summed E-state index contributed by atoms with van der Waals surface area (Å²) in [5, 5.41) is 0.787. The molecule has 1 aliphatic rings. The molecule has 0 radical (unpaired) electrons. The third-order valence-electron chi connectivity index (χ3n) is 4.30. The summed E-state index contributed by atoms with van der Waals surface area (Å²) in [5.41, 5.74) is 7.29. The molecule has 2 nitrogen and oxygen atoms in total. The molecule has 1 aliphatic heterocycles. The Hall–Kier alpha value is -0.570. The Morgan fingerprint density at radius 2 is 2.00 bits per heavy atom. The molecule has 3 unspecified atom stereocenters. The van der Waals surface area contributed by atoms with E-state index in [9.17, 15) is 0 Å². The molecule has 1 saturated heterocycles. The number of likely N-dealkylation sites (tertiary alicyclic amines) is 1. The molecule has 1 heterocycles. The van der Waals surface area contributed by atoms with Crippen LogP contribution >= 0.6 is 11.6 Å². The fourth-order valence-electron chi connectivity index (χ4n) is 2.96. The number of rotatable bonds is 3. The highest BCUT2D eigenvalue weighted by Gasteiger charge is 2.30. The van der Waals surface area contributed by atoms with Crippen LogP contribution in [0.15, 0.2) is 24.3 Å². The van der Waals surface area contributed by atoms with Crippen LogP contribution in [0.25, 0.3) is 0 Å². The zero-order valence-corrected chi connectivity index (χ0v) is 12.0. The Balaban J connectivity index is 2.19. The molecule has 18 heavy (non-hydrogen) atoms. The molecule has 0 amide bonds. The van der Waals surface area contributed by atoms with Crippen molar-refractivity contribution in [3.05, 3.63) is 34.9 Å². The third-order valence-corrected chi connectivity index (χ3v) is 4.55. The summed E-state index contributed by atoms with van der Waals surface area (Å²) in [6.07, 6.45) is 2.60. The summed E-state index contributed by atoms with van der Waals surface area (Å²) in [7, 11) is 0. The second kappa shape index (κ2) is 6.05. The van der Waals surface area contributed by atoms with Crippen molar-refractivity contribution in [1.82, 2.24) is 4.90 Å². The van der Waals surface area contributed by atoms with E-state index in [0.717, 1.165) is 17.5 Å². The van der Waals surface area contributed by atoms with E-state index in [1.165, 1.54) is 18.4 Å². The number of halogens is 1. The standard InChI is InChI=1S/C15H23ClN2/c1-11-4-3-9-18(12(11)2)15(10-17)13-5-7-14(16)8-6-13/h5-8,11-12,15H,3-4,9-10,17H2,1-2H3. The summed E-state index contributed by atoms with van der Waals surface area (Å²) in [6, 6.07) is 9.04. The lowest BCUT2D eigenvalue weighted by molar-refractivity contribution is 0.0710. The van der Waals surface area contributed by atoms with Gasteiger partial charge in [-0.25, -0.2) is 0 Å². The van der Waals surface area contributed by atoms with Crippen molar-refractivity contribution in [3.63, 3.8) is 0 Å². The van der Waals surface area contributed by atoms with Gasteiger partial charge in [-0.1, -0.05) is 30.7 Å². The monoisotopic (exact) mass is 266 g/mol. The predicted octanol–water partition coefficient (Wildman–Crippen LogP) is 3.46. The van der Waals surface area contributed by atoms with Gasteiger partial charge in [0.05, 0.1) is 0 Å². The van der Waals surface area contributed by atoms with Gasteiger partial charge in [-0.15, -0.1) is 0 Å². The zero-order valence-electron chi connectivity index (χ0n) is 11.3. The molecule has 2 N–H and O–H groups in total. The highest BCUT2D eigenvalue weighted by molar-refractivity contribution is 6.30. The first kappa shape index (κ1) is 13.9. The topological polar surface area (TPSA) is 29.3 Å². The number of benzene rings is 1. The molecule has 3 atom stereocenters. The van der Waals surface area contributed by atoms with Gasteiger partial charge in [0.1, 0.15) is 0 Å². The van der Waals surface area contributed by atoms with Crippen LogP contribution in [-0.4, -0.2) is 24.0 Å². The van der Waals surface area contributed by atoms with Crippen molar-refractivity contribution in [1.29, 1.82) is 0 Å². The van der Waals surface area contributed by atoms with Gasteiger partial charge in [0.25, 0.3) is 0 Å². The second-order valence-electron chi connectivity index (χ2n) is 5.40. The van der Waals surface area contributed by atoms with Crippen LogP contribution in [0.5, 0.6) is 0 Å². The van der Waals surface area contributed by atoms with E-state index in [1.807, 2.05) is 12.1 Å². The lowest BCUT2D eigenvalue weighted by Crippen LogP contribution is -2.46. The lowest BCUT2D eigenvalue weighted by atomic mass is 9.89. The number of piperidine rings is 1. The lowest BCUT2D eigenvalue weighted by Gasteiger charge is -2.42. The van der Waals surface area contributed by atoms with Gasteiger partial charge in [-0.3, -0.25) is 4.90 Å². The van der Waals surface area contributed by atoms with E-state index in [-0.39, 0.29) is 0 Å². The summed E-state index contributed by atoms with van der Waals surface area (Å²) >= 11 is 5.95. The van der Waals surface area contributed by atoms with Gasteiger partial charge < -0.3 is 5.73 Å². The molecule has 1 aromatic rings. The highest BCUT2D eigenvalue weighted by atomic mass is 35.5. The minimum atomic E-state index is 0.319. The first-order valence-electron chi connectivity index (χ1n) is 6.84. The molecule has 0 aromatic heterocycles. The van der Waals surface area contributed by atoms with Crippen LogP contribution in [0.3, 0.4) is 0 Å². The fourth-order valence-corrected chi connectivity index (χ4v) is 3.08. The maximum absolute atomic E-state index is 6.01. The number of nitrogens with two attached hydrogens (primary N) is 1. The van der Waals surface area contributed by atoms with Crippen LogP contribution < -0.4 is 5.73 Å². The van der Waals surface area contributed by atoms with Gasteiger partial charge in [0.15, 0.2) is 0 Å². The van der Waals surface area contributed by atoms with Crippen molar-refractivity contribution in [2.75, 3.05) is 13.1 Å². The predicted molar refractivity (Wildman–Crippen MR) is 77.8 cm³/mol. The Morgan fingerprint density at radius 3 is 2.61 bits per heavy atom. The van der Waals surface area contributed by atoms with E-state index < -0.39 is 0 Å². The van der Waals surface area contributed by atoms with Crippen LogP contribution in [-0.2, 0) is 0 Å². The zero-order chi connectivity index (χ0) is 13.1. The van der Waals surface area contributed by atoms with Crippen molar-refractivity contribution < 1.29 is 0 Å². The SMILES string of the molecule is CC1CCCN(C(CN)c2ccc(Cl)cc2)C1C. The van der Waals surface area contributed by atoms with Crippen LogP contribution in [0, 0.1) is 5.92 Å². The Kier molecular flexibility index (Phi) is 4.66. The molecule has 2 rings (SSSR count). The van der Waals surface area contributed by atoms with E-state index in [1.54, 1.807) is 0 Å². The first-order chi connectivity index (χ1) is 8.63. The van der Waals surface area contributed by atoms with E-state index in [2.05, 4.69) is 30.9 Å². The van der Waals surface area contributed by atoms with Gasteiger partial charge in [-0.2, -0.15) is 0 Å². The van der Waals surface area contributed by atoms with E-state index in [4.69, 9.17) is 17.3 Å². The molecular weight excluding hydrogens is 244 g/mol. The average molecular weight is 267 g/mol. The summed E-state index contributed by atoms with van der Waals surface area (Å²) < 4.78 is 0. The molecule has 0 saturated carbocycles. The first-order valence-corrected chi connectivity index (χ1v) is 7.22. The molecule has 3 heteroatoms. The second-order valence-corrected chi connectivity index (χ2v) is 5.84. The van der Waals surface area contributed by atoms with Gasteiger partial charge in [0.2, 0.25) is 0 Å². The molecule has 0 aliphatic carbocycles. The van der Waals surface area contributed by atoms with Crippen LogP contribution in [0.4, 0.5) is 0 Å². The normalized spacial score (nSPS) is 27.1. The molecule has 0 spiro atoms. The van der Waals surface area contributed by atoms with Crippen molar-refractivity contribution in [2.45, 2.75) is 38.8 Å². The van der Waals surface area contributed by atoms with Gasteiger partial charge >= 0.3 is 0 Å². The van der Waals surface area contributed by atoms with Crippen molar-refractivity contribution >= 4 is 11.6 Å².